The molecular weight excluding hydrogens is 272 g/mol. The van der Waals surface area contributed by atoms with Gasteiger partial charge in [-0.1, -0.05) is 18.3 Å². The van der Waals surface area contributed by atoms with E-state index in [1.54, 1.807) is 0 Å². The van der Waals surface area contributed by atoms with Gasteiger partial charge in [-0.2, -0.15) is 0 Å². The molecule has 0 spiro atoms. The largest absolute Gasteiger partial charge is 0.338 e. The summed E-state index contributed by atoms with van der Waals surface area (Å²) in [5.74, 6) is 1.12. The van der Waals surface area contributed by atoms with Gasteiger partial charge in [-0.15, -0.1) is 5.10 Å². The van der Waals surface area contributed by atoms with Crippen LogP contribution in [0, 0.1) is 5.92 Å². The van der Waals surface area contributed by atoms with E-state index in [4.69, 9.17) is 0 Å². The summed E-state index contributed by atoms with van der Waals surface area (Å²) in [6.07, 6.45) is 3.42. The Morgan fingerprint density at radius 1 is 1.45 bits per heavy atom. The molecular formula is C14H24N4OS. The Kier molecular flexibility index (Phi) is 5.48. The molecule has 0 aromatic carbocycles. The molecule has 0 saturated carbocycles. The first kappa shape index (κ1) is 15.4. The normalized spacial score (nSPS) is 16.9. The predicted molar refractivity (Wildman–Crippen MR) is 81.2 cm³/mol. The Morgan fingerprint density at radius 2 is 2.15 bits per heavy atom. The van der Waals surface area contributed by atoms with Gasteiger partial charge < -0.3 is 10.2 Å². The summed E-state index contributed by atoms with van der Waals surface area (Å²) >= 11 is 1.23. The number of piperidine rings is 1. The van der Waals surface area contributed by atoms with Crippen molar-refractivity contribution in [1.82, 2.24) is 19.8 Å². The van der Waals surface area contributed by atoms with Crippen molar-refractivity contribution in [3.05, 3.63) is 10.6 Å². The average Bonchev–Trinajstić information content (AvgIpc) is 2.94. The molecule has 0 aliphatic carbocycles. The smallest absolute Gasteiger partial charge is 0.267 e. The number of hydrogen-bond donors (Lipinski definition) is 1. The first-order valence-electron chi connectivity index (χ1n) is 7.39. The Balaban J connectivity index is 1.93. The van der Waals surface area contributed by atoms with Crippen LogP contribution in [0.3, 0.4) is 0 Å². The van der Waals surface area contributed by atoms with Gasteiger partial charge in [0.25, 0.3) is 5.91 Å². The molecule has 1 aromatic rings. The Morgan fingerprint density at radius 3 is 2.75 bits per heavy atom. The van der Waals surface area contributed by atoms with Crippen LogP contribution in [0.15, 0.2) is 0 Å². The highest BCUT2D eigenvalue weighted by molar-refractivity contribution is 7.08. The molecule has 5 nitrogen and oxygen atoms in total. The number of aromatic nitrogens is 2. The second-order valence-corrected chi connectivity index (χ2v) is 6.52. The van der Waals surface area contributed by atoms with E-state index in [1.165, 1.54) is 18.0 Å². The topological polar surface area (TPSA) is 58.1 Å². The van der Waals surface area contributed by atoms with Crippen LogP contribution in [0.4, 0.5) is 0 Å². The molecule has 1 saturated heterocycles. The van der Waals surface area contributed by atoms with Crippen molar-refractivity contribution in [2.24, 2.45) is 5.92 Å². The predicted octanol–water partition coefficient (Wildman–Crippen LogP) is 2.12. The van der Waals surface area contributed by atoms with Crippen LogP contribution < -0.4 is 5.32 Å². The van der Waals surface area contributed by atoms with Gasteiger partial charge in [0.1, 0.15) is 4.88 Å². The van der Waals surface area contributed by atoms with Gasteiger partial charge in [0, 0.05) is 13.1 Å². The first-order chi connectivity index (χ1) is 9.63. The van der Waals surface area contributed by atoms with E-state index in [9.17, 15) is 4.79 Å². The first-order valence-corrected chi connectivity index (χ1v) is 8.17. The van der Waals surface area contributed by atoms with Crippen LogP contribution in [0.25, 0.3) is 0 Å². The summed E-state index contributed by atoms with van der Waals surface area (Å²) in [6.45, 7) is 6.90. The molecule has 1 aliphatic rings. The van der Waals surface area contributed by atoms with Crippen molar-refractivity contribution in [3.8, 4) is 0 Å². The lowest BCUT2D eigenvalue weighted by atomic mass is 9.93. The molecule has 0 atom stereocenters. The minimum absolute atomic E-state index is 0.121. The van der Waals surface area contributed by atoms with E-state index in [0.717, 1.165) is 49.0 Å². The van der Waals surface area contributed by atoms with Crippen molar-refractivity contribution in [1.29, 1.82) is 0 Å². The third-order valence-corrected chi connectivity index (χ3v) is 4.69. The van der Waals surface area contributed by atoms with Crippen LogP contribution in [0.5, 0.6) is 0 Å². The summed E-state index contributed by atoms with van der Waals surface area (Å²) in [6, 6.07) is 0. The van der Waals surface area contributed by atoms with Gasteiger partial charge in [0.2, 0.25) is 0 Å². The molecule has 2 rings (SSSR count). The maximum atomic E-state index is 12.6. The lowest BCUT2D eigenvalue weighted by Crippen LogP contribution is -2.39. The van der Waals surface area contributed by atoms with Crippen molar-refractivity contribution in [2.75, 3.05) is 26.7 Å². The SMILES string of the molecule is CNCCC1CCN(C(=O)c2snnc2C(C)C)CC1. The minimum atomic E-state index is 0.121. The molecule has 1 fully saturated rings. The number of carbonyl (C=O) groups is 1. The summed E-state index contributed by atoms with van der Waals surface area (Å²) in [4.78, 5) is 15.3. The molecule has 0 radical (unpaired) electrons. The third-order valence-electron chi connectivity index (χ3n) is 3.96. The second kappa shape index (κ2) is 7.13. The Hall–Kier alpha value is -1.01. The maximum absolute atomic E-state index is 12.6. The number of rotatable bonds is 5. The highest BCUT2D eigenvalue weighted by Gasteiger charge is 2.27. The number of nitrogens with zero attached hydrogens (tertiary/aromatic N) is 3. The van der Waals surface area contributed by atoms with Crippen molar-refractivity contribution in [2.45, 2.75) is 39.0 Å². The number of hydrogen-bond acceptors (Lipinski definition) is 5. The van der Waals surface area contributed by atoms with Gasteiger partial charge in [-0.25, -0.2) is 0 Å². The van der Waals surface area contributed by atoms with E-state index in [1.807, 2.05) is 11.9 Å². The lowest BCUT2D eigenvalue weighted by Gasteiger charge is -2.31. The number of nitrogens with one attached hydrogen (secondary N) is 1. The van der Waals surface area contributed by atoms with Gasteiger partial charge in [0.05, 0.1) is 5.69 Å². The third kappa shape index (κ3) is 3.55. The standard InChI is InChI=1S/C14H24N4OS/c1-10(2)12-13(20-17-16-12)14(19)18-8-5-11(6-9-18)4-7-15-3/h10-11,15H,4-9H2,1-3H3. The Labute approximate surface area is 124 Å². The van der Waals surface area contributed by atoms with E-state index in [0.29, 0.717) is 0 Å². The van der Waals surface area contributed by atoms with Crippen LogP contribution in [-0.4, -0.2) is 47.1 Å². The highest BCUT2D eigenvalue weighted by Crippen LogP contribution is 2.25. The van der Waals surface area contributed by atoms with E-state index < -0.39 is 0 Å². The minimum Gasteiger partial charge on any atom is -0.338 e. The summed E-state index contributed by atoms with van der Waals surface area (Å²) in [5, 5.41) is 7.30. The zero-order chi connectivity index (χ0) is 14.5. The van der Waals surface area contributed by atoms with E-state index in [-0.39, 0.29) is 11.8 Å². The van der Waals surface area contributed by atoms with Crippen LogP contribution in [0.1, 0.15) is 54.4 Å². The molecule has 1 aliphatic heterocycles. The lowest BCUT2D eigenvalue weighted by molar-refractivity contribution is 0.0690. The van der Waals surface area contributed by atoms with Crippen molar-refractivity contribution >= 4 is 17.4 Å². The van der Waals surface area contributed by atoms with Gasteiger partial charge in [-0.3, -0.25) is 4.79 Å². The summed E-state index contributed by atoms with van der Waals surface area (Å²) in [5.41, 5.74) is 0.845. The van der Waals surface area contributed by atoms with Crippen molar-refractivity contribution < 1.29 is 4.79 Å². The molecule has 2 heterocycles. The molecule has 1 aromatic heterocycles. The monoisotopic (exact) mass is 296 g/mol. The van der Waals surface area contributed by atoms with Crippen LogP contribution >= 0.6 is 11.5 Å². The molecule has 0 bridgehead atoms. The molecule has 20 heavy (non-hydrogen) atoms. The van der Waals surface area contributed by atoms with Crippen LogP contribution in [0.2, 0.25) is 0 Å². The highest BCUT2D eigenvalue weighted by atomic mass is 32.1. The molecule has 1 amide bonds. The van der Waals surface area contributed by atoms with Crippen molar-refractivity contribution in [3.63, 3.8) is 0 Å². The van der Waals surface area contributed by atoms with E-state index in [2.05, 4.69) is 28.8 Å². The summed E-state index contributed by atoms with van der Waals surface area (Å²) < 4.78 is 3.95. The quantitative estimate of drug-likeness (QED) is 0.904. The second-order valence-electron chi connectivity index (χ2n) is 5.77. The fourth-order valence-corrected chi connectivity index (χ4v) is 3.43. The fourth-order valence-electron chi connectivity index (χ4n) is 2.64. The molecule has 0 unspecified atom stereocenters. The fraction of sp³-hybridized carbons (Fsp3) is 0.786. The number of amides is 1. The van der Waals surface area contributed by atoms with Gasteiger partial charge in [0.15, 0.2) is 0 Å². The summed E-state index contributed by atoms with van der Waals surface area (Å²) in [7, 11) is 1.99. The molecule has 6 heteroatoms. The van der Waals surface area contributed by atoms with E-state index >= 15 is 0 Å². The zero-order valence-electron chi connectivity index (χ0n) is 12.6. The molecule has 1 N–H and O–H groups in total. The van der Waals surface area contributed by atoms with Gasteiger partial charge >= 0.3 is 0 Å². The average molecular weight is 296 g/mol. The maximum Gasteiger partial charge on any atom is 0.267 e. The number of carbonyl (C=O) groups excluding carboxylic acids is 1. The van der Waals surface area contributed by atoms with Gasteiger partial charge in [-0.05, 0) is 56.2 Å². The van der Waals surface area contributed by atoms with Crippen LogP contribution in [-0.2, 0) is 0 Å². The zero-order valence-corrected chi connectivity index (χ0v) is 13.4. The molecule has 112 valence electrons. The number of likely N-dealkylation sites (tertiary alicyclic amines) is 1. The Bertz CT molecular complexity index is 438.